The zero-order valence-electron chi connectivity index (χ0n) is 20.5. The lowest BCUT2D eigenvalue weighted by atomic mass is 9.60. The van der Waals surface area contributed by atoms with E-state index in [2.05, 4.69) is 24.0 Å². The molecular weight excluding hydrogens is 456 g/mol. The number of carbonyl (C=O) groups excluding carboxylic acids is 3. The molecule has 7 nitrogen and oxygen atoms in total. The number of ketones is 1. The molecule has 1 amide bonds. The van der Waals surface area contributed by atoms with Gasteiger partial charge in [-0.15, -0.1) is 0 Å². The van der Waals surface area contributed by atoms with Crippen LogP contribution in [0.5, 0.6) is 0 Å². The van der Waals surface area contributed by atoms with Crippen LogP contribution in [0, 0.1) is 17.3 Å². The fraction of sp³-hybridized carbons (Fsp3) is 0.448. The number of nitrogens with two attached hydrogens (primary N) is 1. The number of esters is 1. The van der Waals surface area contributed by atoms with Crippen LogP contribution < -0.4 is 5.73 Å². The quantitative estimate of drug-likeness (QED) is 0.654. The van der Waals surface area contributed by atoms with Crippen molar-refractivity contribution in [2.45, 2.75) is 64.1 Å². The van der Waals surface area contributed by atoms with Crippen LogP contribution in [0.3, 0.4) is 0 Å². The Labute approximate surface area is 209 Å². The maximum absolute atomic E-state index is 12.8. The number of fused-ring (bicyclic) bond motifs is 4. The zero-order valence-corrected chi connectivity index (χ0v) is 20.5. The van der Waals surface area contributed by atoms with Gasteiger partial charge in [-0.1, -0.05) is 25.1 Å². The summed E-state index contributed by atoms with van der Waals surface area (Å²) in [6.45, 7) is 3.75. The van der Waals surface area contributed by atoms with E-state index in [1.54, 1.807) is 6.20 Å². The van der Waals surface area contributed by atoms with Crippen LogP contribution in [0.1, 0.15) is 57.4 Å². The summed E-state index contributed by atoms with van der Waals surface area (Å²) in [7, 11) is 0. The first-order valence-corrected chi connectivity index (χ1v) is 12.7. The number of primary amides is 1. The first-order chi connectivity index (χ1) is 17.3. The molecular formula is C29H30N2O5. The molecule has 1 aliphatic heterocycles. The number of carbonyl (C=O) groups is 3. The van der Waals surface area contributed by atoms with Crippen LogP contribution in [0.25, 0.3) is 10.8 Å². The minimum Gasteiger partial charge on any atom is -0.489 e. The molecule has 2 saturated carbocycles. The van der Waals surface area contributed by atoms with Crippen LogP contribution >= 0.6 is 0 Å². The molecule has 1 aromatic heterocycles. The van der Waals surface area contributed by atoms with Crippen LogP contribution in [0.2, 0.25) is 0 Å². The van der Waals surface area contributed by atoms with E-state index < -0.39 is 11.8 Å². The van der Waals surface area contributed by atoms with Crippen LogP contribution in [0.15, 0.2) is 59.6 Å². The smallest absolute Gasteiger partial charge is 0.302 e. The van der Waals surface area contributed by atoms with Gasteiger partial charge in [0.25, 0.3) is 0 Å². The Balaban J connectivity index is 1.41. The number of Topliss-reactive ketones (excluding diaryl/α,β-unsaturated/α-hetero) is 1. The number of aromatic nitrogens is 1. The fourth-order valence-electron chi connectivity index (χ4n) is 7.26. The lowest BCUT2D eigenvalue weighted by Gasteiger charge is -2.48. The average molecular weight is 487 g/mol. The van der Waals surface area contributed by atoms with E-state index in [1.165, 1.54) is 6.92 Å². The van der Waals surface area contributed by atoms with Crippen molar-refractivity contribution < 1.29 is 23.9 Å². The van der Waals surface area contributed by atoms with E-state index in [0.29, 0.717) is 24.2 Å². The van der Waals surface area contributed by atoms with Gasteiger partial charge in [0.05, 0.1) is 11.5 Å². The van der Waals surface area contributed by atoms with E-state index in [1.807, 2.05) is 24.4 Å². The number of allylic oxidation sites excluding steroid dienone is 3. The van der Waals surface area contributed by atoms with Gasteiger partial charge >= 0.3 is 5.97 Å². The van der Waals surface area contributed by atoms with Crippen molar-refractivity contribution in [1.29, 1.82) is 0 Å². The van der Waals surface area contributed by atoms with E-state index in [0.717, 1.165) is 34.8 Å². The lowest BCUT2D eigenvalue weighted by molar-refractivity contribution is -0.147. The van der Waals surface area contributed by atoms with Crippen molar-refractivity contribution >= 4 is 28.4 Å². The molecule has 2 unspecified atom stereocenters. The number of benzene rings is 1. The van der Waals surface area contributed by atoms with E-state index >= 15 is 0 Å². The molecule has 0 spiro atoms. The van der Waals surface area contributed by atoms with Crippen molar-refractivity contribution in [2.24, 2.45) is 23.0 Å². The molecule has 2 aromatic rings. The van der Waals surface area contributed by atoms with Gasteiger partial charge < -0.3 is 15.2 Å². The Hall–Kier alpha value is -3.48. The zero-order chi connectivity index (χ0) is 25.2. The standard InChI is InChI=1S/C29H30N2O5/c1-15(32)35-25-13-22-27-16(10-21-23(33)11-18(28(30)34)12-24(21)36-27)6-8-29(22,2)26(25)20-5-3-4-17-14-31-9-7-19(17)20/h3-5,7,9-10,14,18,22,25-27H,6,8,11-13H2,1-2H3,(H2,30,34)/t18?,22-,25?,26-,27+,29-/m0/s1. The monoisotopic (exact) mass is 486 g/mol. The normalized spacial score (nSPS) is 33.2. The molecule has 6 rings (SSSR count). The third-order valence-electron chi connectivity index (χ3n) is 8.93. The van der Waals surface area contributed by atoms with Gasteiger partial charge in [0, 0.05) is 49.4 Å². The van der Waals surface area contributed by atoms with Gasteiger partial charge in [0.1, 0.15) is 18.0 Å². The molecule has 2 heterocycles. The van der Waals surface area contributed by atoms with E-state index in [4.69, 9.17) is 15.2 Å². The topological polar surface area (TPSA) is 109 Å². The summed E-state index contributed by atoms with van der Waals surface area (Å²) in [4.78, 5) is 41.1. The molecule has 2 fully saturated rings. The second kappa shape index (κ2) is 8.29. The number of hydrogen-bond acceptors (Lipinski definition) is 6. The number of ether oxygens (including phenoxy) is 2. The van der Waals surface area contributed by atoms with Gasteiger partial charge in [-0.25, -0.2) is 0 Å². The number of rotatable bonds is 3. The maximum atomic E-state index is 12.8. The van der Waals surface area contributed by atoms with Crippen molar-refractivity contribution in [3.05, 3.63) is 65.2 Å². The molecule has 2 N–H and O–H groups in total. The van der Waals surface area contributed by atoms with Gasteiger partial charge in [0.15, 0.2) is 5.78 Å². The van der Waals surface area contributed by atoms with Gasteiger partial charge in [-0.3, -0.25) is 19.4 Å². The second-order valence-electron chi connectivity index (χ2n) is 10.9. The first kappa shape index (κ1) is 23.0. The third kappa shape index (κ3) is 3.47. The number of hydrogen-bond donors (Lipinski definition) is 1. The highest BCUT2D eigenvalue weighted by molar-refractivity contribution is 6.02. The Kier molecular flexibility index (Phi) is 5.28. The molecule has 7 heteroatoms. The van der Waals surface area contributed by atoms with Gasteiger partial charge in [-0.05, 0) is 53.3 Å². The predicted molar refractivity (Wildman–Crippen MR) is 132 cm³/mol. The van der Waals surface area contributed by atoms with Gasteiger partial charge in [-0.2, -0.15) is 0 Å². The Morgan fingerprint density at radius 1 is 1.22 bits per heavy atom. The predicted octanol–water partition coefficient (Wildman–Crippen LogP) is 4.11. The average Bonchev–Trinajstić information content (AvgIpc) is 3.14. The van der Waals surface area contributed by atoms with Crippen molar-refractivity contribution in [3.63, 3.8) is 0 Å². The van der Waals surface area contributed by atoms with Crippen molar-refractivity contribution in [2.75, 3.05) is 0 Å². The minimum absolute atomic E-state index is 0.00983. The molecule has 0 bridgehead atoms. The molecule has 4 aliphatic rings. The minimum atomic E-state index is -0.532. The molecule has 3 aliphatic carbocycles. The molecule has 0 saturated heterocycles. The van der Waals surface area contributed by atoms with Crippen LogP contribution in [-0.2, 0) is 23.9 Å². The van der Waals surface area contributed by atoms with E-state index in [9.17, 15) is 14.4 Å². The summed E-state index contributed by atoms with van der Waals surface area (Å²) in [5.74, 6) is -0.714. The summed E-state index contributed by atoms with van der Waals surface area (Å²) in [6, 6.07) is 8.27. The molecule has 36 heavy (non-hydrogen) atoms. The van der Waals surface area contributed by atoms with Gasteiger partial charge in [0.2, 0.25) is 5.91 Å². The summed E-state index contributed by atoms with van der Waals surface area (Å²) in [5, 5.41) is 2.18. The Morgan fingerprint density at radius 2 is 2.06 bits per heavy atom. The second-order valence-corrected chi connectivity index (χ2v) is 10.9. The highest BCUT2D eigenvalue weighted by Gasteiger charge is 2.60. The SMILES string of the molecule is CC(=O)OC1C[C@H]2[C@@H]3OC4=C(C=C3CC[C@]2(C)[C@H]1c1cccc2cnccc12)C(=O)CC(C(N)=O)C4. The first-order valence-electron chi connectivity index (χ1n) is 12.7. The van der Waals surface area contributed by atoms with Crippen molar-refractivity contribution in [1.82, 2.24) is 4.98 Å². The lowest BCUT2D eigenvalue weighted by Crippen LogP contribution is -2.44. The van der Waals surface area contributed by atoms with Crippen LogP contribution in [-0.4, -0.2) is 34.9 Å². The molecule has 1 aromatic carbocycles. The summed E-state index contributed by atoms with van der Waals surface area (Å²) >= 11 is 0. The molecule has 186 valence electrons. The highest BCUT2D eigenvalue weighted by atomic mass is 16.5. The Morgan fingerprint density at radius 3 is 2.83 bits per heavy atom. The number of amides is 1. The Bertz CT molecular complexity index is 1360. The molecule has 0 radical (unpaired) electrons. The summed E-state index contributed by atoms with van der Waals surface area (Å²) in [5.41, 5.74) is 8.22. The fourth-order valence-corrected chi connectivity index (χ4v) is 7.26. The largest absolute Gasteiger partial charge is 0.489 e. The summed E-state index contributed by atoms with van der Waals surface area (Å²) < 4.78 is 12.6. The van der Waals surface area contributed by atoms with E-state index in [-0.39, 0.29) is 47.6 Å². The van der Waals surface area contributed by atoms with Crippen LogP contribution in [0.4, 0.5) is 0 Å². The number of nitrogens with zero attached hydrogens (tertiary/aromatic N) is 1. The number of pyridine rings is 1. The summed E-state index contributed by atoms with van der Waals surface area (Å²) in [6.07, 6.45) is 8.01. The third-order valence-corrected chi connectivity index (χ3v) is 8.93. The van der Waals surface area contributed by atoms with Crippen molar-refractivity contribution in [3.8, 4) is 0 Å². The maximum Gasteiger partial charge on any atom is 0.302 e. The molecule has 6 atom stereocenters. The highest BCUT2D eigenvalue weighted by Crippen LogP contribution is 2.63.